The molecule has 2 aromatic rings. The Labute approximate surface area is 121 Å². The number of rotatable bonds is 1. The van der Waals surface area contributed by atoms with Gasteiger partial charge in [0.1, 0.15) is 0 Å². The first-order chi connectivity index (χ1) is 10.1. The quantitative estimate of drug-likeness (QED) is 0.808. The summed E-state index contributed by atoms with van der Waals surface area (Å²) in [5, 5.41) is 12.2. The molecular weight excluding hydrogens is 266 g/mol. The van der Waals surface area contributed by atoms with Gasteiger partial charge in [-0.1, -0.05) is 0 Å². The number of aromatic nitrogens is 1. The second-order valence-corrected chi connectivity index (χ2v) is 5.19. The summed E-state index contributed by atoms with van der Waals surface area (Å²) in [7, 11) is 0. The minimum absolute atomic E-state index is 0.227. The number of hydrogen-bond acceptors (Lipinski definition) is 4. The SMILES string of the molecule is Cc1nc2ccc(C#N)cc2cc1C1CCC(=O)NC1=O. The van der Waals surface area contributed by atoms with Crippen LogP contribution in [-0.4, -0.2) is 16.8 Å². The van der Waals surface area contributed by atoms with E-state index < -0.39 is 0 Å². The van der Waals surface area contributed by atoms with Crippen molar-refractivity contribution >= 4 is 22.7 Å². The lowest BCUT2D eigenvalue weighted by Crippen LogP contribution is -2.39. The Morgan fingerprint density at radius 1 is 1.33 bits per heavy atom. The fourth-order valence-electron chi connectivity index (χ4n) is 2.70. The molecule has 1 unspecified atom stereocenters. The third-order valence-corrected chi connectivity index (χ3v) is 3.79. The molecule has 0 aliphatic carbocycles. The highest BCUT2D eigenvalue weighted by Gasteiger charge is 2.29. The minimum atomic E-state index is -0.356. The number of carbonyl (C=O) groups excluding carboxylic acids is 2. The van der Waals surface area contributed by atoms with E-state index in [0.717, 1.165) is 22.2 Å². The van der Waals surface area contributed by atoms with E-state index in [-0.39, 0.29) is 17.7 Å². The van der Waals surface area contributed by atoms with E-state index >= 15 is 0 Å². The number of pyridine rings is 1. The normalized spacial score (nSPS) is 18.4. The van der Waals surface area contributed by atoms with E-state index in [1.54, 1.807) is 18.2 Å². The van der Waals surface area contributed by atoms with Crippen LogP contribution in [0.25, 0.3) is 10.9 Å². The summed E-state index contributed by atoms with van der Waals surface area (Å²) < 4.78 is 0. The molecule has 1 aliphatic rings. The van der Waals surface area contributed by atoms with Gasteiger partial charge in [0.25, 0.3) is 0 Å². The number of nitriles is 1. The standard InChI is InChI=1S/C16H13N3O2/c1-9-13(12-3-5-15(20)19-16(12)21)7-11-6-10(8-17)2-4-14(11)18-9/h2,4,6-7,12H,3,5H2,1H3,(H,19,20,21). The number of fused-ring (bicyclic) bond motifs is 1. The van der Waals surface area contributed by atoms with Crippen molar-refractivity contribution in [1.29, 1.82) is 5.26 Å². The largest absolute Gasteiger partial charge is 0.296 e. The minimum Gasteiger partial charge on any atom is -0.296 e. The van der Waals surface area contributed by atoms with E-state index in [1.165, 1.54) is 0 Å². The molecule has 1 aromatic heterocycles. The maximum atomic E-state index is 12.0. The summed E-state index contributed by atoms with van der Waals surface area (Å²) in [4.78, 5) is 27.8. The molecule has 5 nitrogen and oxygen atoms in total. The number of benzene rings is 1. The van der Waals surface area contributed by atoms with E-state index in [2.05, 4.69) is 16.4 Å². The number of aryl methyl sites for hydroxylation is 1. The molecule has 1 fully saturated rings. The van der Waals surface area contributed by atoms with Crippen LogP contribution in [0.5, 0.6) is 0 Å². The molecule has 0 bridgehead atoms. The van der Waals surface area contributed by atoms with Crippen LogP contribution < -0.4 is 5.32 Å². The maximum Gasteiger partial charge on any atom is 0.234 e. The molecule has 21 heavy (non-hydrogen) atoms. The van der Waals surface area contributed by atoms with Crippen LogP contribution in [0.3, 0.4) is 0 Å². The number of nitrogens with zero attached hydrogens (tertiary/aromatic N) is 2. The average molecular weight is 279 g/mol. The number of imide groups is 1. The molecule has 2 amide bonds. The Morgan fingerprint density at radius 3 is 2.86 bits per heavy atom. The highest BCUT2D eigenvalue weighted by molar-refractivity contribution is 6.01. The predicted molar refractivity (Wildman–Crippen MR) is 76.3 cm³/mol. The van der Waals surface area contributed by atoms with Crippen LogP contribution in [0.1, 0.15) is 35.6 Å². The van der Waals surface area contributed by atoms with Crippen molar-refractivity contribution in [3.63, 3.8) is 0 Å². The fraction of sp³-hybridized carbons (Fsp3) is 0.250. The van der Waals surface area contributed by atoms with Crippen molar-refractivity contribution in [1.82, 2.24) is 10.3 Å². The van der Waals surface area contributed by atoms with Crippen LogP contribution in [0.15, 0.2) is 24.3 Å². The summed E-state index contributed by atoms with van der Waals surface area (Å²) in [6.07, 6.45) is 0.836. The van der Waals surface area contributed by atoms with Gasteiger partial charge in [0.05, 0.1) is 23.1 Å². The van der Waals surface area contributed by atoms with Gasteiger partial charge in [-0.2, -0.15) is 5.26 Å². The van der Waals surface area contributed by atoms with Crippen LogP contribution in [0, 0.1) is 18.3 Å². The summed E-state index contributed by atoms with van der Waals surface area (Å²) >= 11 is 0. The number of hydrogen-bond donors (Lipinski definition) is 1. The molecule has 1 aromatic carbocycles. The molecule has 1 N–H and O–H groups in total. The Bertz CT molecular complexity index is 805. The first-order valence-electron chi connectivity index (χ1n) is 6.73. The molecule has 0 saturated carbocycles. The third kappa shape index (κ3) is 2.36. The van der Waals surface area contributed by atoms with Crippen molar-refractivity contribution < 1.29 is 9.59 Å². The van der Waals surface area contributed by atoms with E-state index in [1.807, 2.05) is 13.0 Å². The average Bonchev–Trinajstić information content (AvgIpc) is 2.46. The van der Waals surface area contributed by atoms with Gasteiger partial charge >= 0.3 is 0 Å². The smallest absolute Gasteiger partial charge is 0.234 e. The molecule has 2 heterocycles. The molecular formula is C16H13N3O2. The lowest BCUT2D eigenvalue weighted by molar-refractivity contribution is -0.134. The van der Waals surface area contributed by atoms with Crippen molar-refractivity contribution in [3.05, 3.63) is 41.1 Å². The molecule has 0 radical (unpaired) electrons. The first kappa shape index (κ1) is 13.3. The molecule has 1 atom stereocenters. The van der Waals surface area contributed by atoms with E-state index in [0.29, 0.717) is 18.4 Å². The first-order valence-corrected chi connectivity index (χ1v) is 6.73. The molecule has 5 heteroatoms. The second-order valence-electron chi connectivity index (χ2n) is 5.19. The van der Waals surface area contributed by atoms with Gasteiger partial charge < -0.3 is 0 Å². The second kappa shape index (κ2) is 4.98. The van der Waals surface area contributed by atoms with Gasteiger partial charge in [-0.05, 0) is 43.2 Å². The maximum absolute atomic E-state index is 12.0. The van der Waals surface area contributed by atoms with Crippen LogP contribution in [0.4, 0.5) is 0 Å². The zero-order chi connectivity index (χ0) is 15.0. The third-order valence-electron chi connectivity index (χ3n) is 3.79. The summed E-state index contributed by atoms with van der Waals surface area (Å²) in [6.45, 7) is 1.86. The Morgan fingerprint density at radius 2 is 2.14 bits per heavy atom. The number of nitrogens with one attached hydrogen (secondary N) is 1. The fourth-order valence-corrected chi connectivity index (χ4v) is 2.70. The number of carbonyl (C=O) groups is 2. The van der Waals surface area contributed by atoms with Gasteiger partial charge in [-0.25, -0.2) is 0 Å². The Kier molecular flexibility index (Phi) is 3.15. The summed E-state index contributed by atoms with van der Waals surface area (Å²) in [5.74, 6) is -0.855. The monoisotopic (exact) mass is 279 g/mol. The highest BCUT2D eigenvalue weighted by atomic mass is 16.2. The van der Waals surface area contributed by atoms with Gasteiger partial charge in [-0.15, -0.1) is 0 Å². The van der Waals surface area contributed by atoms with E-state index in [4.69, 9.17) is 5.26 Å². The lowest BCUT2D eigenvalue weighted by Gasteiger charge is -2.22. The van der Waals surface area contributed by atoms with Crippen LogP contribution >= 0.6 is 0 Å². The van der Waals surface area contributed by atoms with Gasteiger partial charge in [-0.3, -0.25) is 19.9 Å². The van der Waals surface area contributed by atoms with Crippen molar-refractivity contribution in [2.45, 2.75) is 25.7 Å². The zero-order valence-corrected chi connectivity index (χ0v) is 11.5. The van der Waals surface area contributed by atoms with Crippen molar-refractivity contribution in [2.24, 2.45) is 0 Å². The van der Waals surface area contributed by atoms with Gasteiger partial charge in [0.2, 0.25) is 11.8 Å². The van der Waals surface area contributed by atoms with Gasteiger partial charge in [0.15, 0.2) is 0 Å². The van der Waals surface area contributed by atoms with Crippen LogP contribution in [-0.2, 0) is 9.59 Å². The summed E-state index contributed by atoms with van der Waals surface area (Å²) in [6, 6.07) is 9.28. The lowest BCUT2D eigenvalue weighted by atomic mass is 9.89. The zero-order valence-electron chi connectivity index (χ0n) is 11.5. The van der Waals surface area contributed by atoms with Crippen molar-refractivity contribution in [3.8, 4) is 6.07 Å². The summed E-state index contributed by atoms with van der Waals surface area (Å²) in [5.41, 5.74) is 2.95. The van der Waals surface area contributed by atoms with E-state index in [9.17, 15) is 9.59 Å². The number of amides is 2. The number of piperidine rings is 1. The topological polar surface area (TPSA) is 82.8 Å². The molecule has 1 saturated heterocycles. The Balaban J connectivity index is 2.10. The highest BCUT2D eigenvalue weighted by Crippen LogP contribution is 2.29. The predicted octanol–water partition coefficient (Wildman–Crippen LogP) is 1.94. The van der Waals surface area contributed by atoms with Gasteiger partial charge in [0, 0.05) is 17.5 Å². The molecule has 1 aliphatic heterocycles. The molecule has 104 valence electrons. The Hall–Kier alpha value is -2.74. The van der Waals surface area contributed by atoms with Crippen molar-refractivity contribution in [2.75, 3.05) is 0 Å². The molecule has 3 rings (SSSR count). The molecule has 0 spiro atoms. The van der Waals surface area contributed by atoms with Crippen LogP contribution in [0.2, 0.25) is 0 Å².